The number of thioether (sulfide) groups is 1. The number of fused-ring (bicyclic) bond motifs is 2. The van der Waals surface area contributed by atoms with E-state index in [0.717, 1.165) is 28.0 Å². The zero-order valence-corrected chi connectivity index (χ0v) is 18.4. The maximum Gasteiger partial charge on any atom is 0.327 e. The molecule has 2 aliphatic rings. The molecular weight excluding hydrogens is 430 g/mol. The molecule has 0 radical (unpaired) electrons. The highest BCUT2D eigenvalue weighted by Gasteiger charge is 2.33. The van der Waals surface area contributed by atoms with E-state index in [4.69, 9.17) is 14.2 Å². The van der Waals surface area contributed by atoms with Crippen LogP contribution in [0.1, 0.15) is 22.7 Å². The Morgan fingerprint density at radius 1 is 1.19 bits per heavy atom. The first-order valence-corrected chi connectivity index (χ1v) is 11.2. The molecule has 8 heteroatoms. The Labute approximate surface area is 188 Å². The molecule has 0 amide bonds. The van der Waals surface area contributed by atoms with E-state index in [9.17, 15) is 14.7 Å². The molecule has 7 nitrogen and oxygen atoms in total. The van der Waals surface area contributed by atoms with Crippen LogP contribution >= 0.6 is 11.8 Å². The van der Waals surface area contributed by atoms with Gasteiger partial charge in [0.1, 0.15) is 18.4 Å². The second-order valence-corrected chi connectivity index (χ2v) is 8.79. The Bertz CT molecular complexity index is 1300. The molecule has 5 rings (SSSR count). The minimum Gasteiger partial charge on any atom is -0.489 e. The quantitative estimate of drug-likeness (QED) is 0.623. The number of hydrogen-bond acceptors (Lipinski definition) is 6. The summed E-state index contributed by atoms with van der Waals surface area (Å²) >= 11 is 1.37. The highest BCUT2D eigenvalue weighted by molar-refractivity contribution is 7.99. The van der Waals surface area contributed by atoms with Crippen molar-refractivity contribution in [1.29, 1.82) is 0 Å². The molecule has 1 N–H and O–H groups in total. The van der Waals surface area contributed by atoms with Gasteiger partial charge in [0, 0.05) is 22.9 Å². The average molecular weight is 452 g/mol. The highest BCUT2D eigenvalue weighted by Crippen LogP contribution is 2.44. The molecule has 0 aliphatic carbocycles. The zero-order chi connectivity index (χ0) is 22.4. The van der Waals surface area contributed by atoms with Crippen LogP contribution in [-0.2, 0) is 11.4 Å². The molecule has 2 aliphatic heterocycles. The first-order chi connectivity index (χ1) is 15.4. The summed E-state index contributed by atoms with van der Waals surface area (Å²) in [7, 11) is 0. The predicted molar refractivity (Wildman–Crippen MR) is 120 cm³/mol. The molecule has 0 bridgehead atoms. The van der Waals surface area contributed by atoms with Crippen LogP contribution in [0.5, 0.6) is 17.2 Å². The molecule has 0 saturated heterocycles. The van der Waals surface area contributed by atoms with Gasteiger partial charge in [-0.05, 0) is 48.7 Å². The molecule has 0 spiro atoms. The van der Waals surface area contributed by atoms with E-state index in [0.29, 0.717) is 27.8 Å². The number of nitrogens with zero attached hydrogens (tertiary/aromatic N) is 1. The van der Waals surface area contributed by atoms with Crippen LogP contribution in [0.4, 0.5) is 0 Å². The molecule has 3 aromatic rings. The predicted octanol–water partition coefficient (Wildman–Crippen LogP) is 4.17. The first-order valence-electron chi connectivity index (χ1n) is 10.2. The maximum absolute atomic E-state index is 12.9. The van der Waals surface area contributed by atoms with Crippen molar-refractivity contribution >= 4 is 17.7 Å². The van der Waals surface area contributed by atoms with Crippen LogP contribution < -0.4 is 19.8 Å². The monoisotopic (exact) mass is 451 g/mol. The molecule has 3 heterocycles. The minimum absolute atomic E-state index is 0.156. The van der Waals surface area contributed by atoms with E-state index >= 15 is 0 Å². The van der Waals surface area contributed by atoms with E-state index in [1.165, 1.54) is 22.4 Å². The number of rotatable bonds is 5. The Balaban J connectivity index is 1.63. The molecule has 0 unspecified atom stereocenters. The smallest absolute Gasteiger partial charge is 0.327 e. The Morgan fingerprint density at radius 2 is 2.00 bits per heavy atom. The number of pyridine rings is 1. The molecule has 1 aromatic heterocycles. The third kappa shape index (κ3) is 3.40. The highest BCUT2D eigenvalue weighted by atomic mass is 32.2. The zero-order valence-electron chi connectivity index (χ0n) is 17.6. The number of carboxylic acid groups (broad SMARTS) is 1. The minimum atomic E-state index is -1.02. The molecule has 2 aromatic carbocycles. The summed E-state index contributed by atoms with van der Waals surface area (Å²) in [6, 6.07) is 12.0. The van der Waals surface area contributed by atoms with Gasteiger partial charge in [-0.1, -0.05) is 18.2 Å². The SMILES string of the molecule is Cc1cccc(OCc2cc(=O)n3c(c2-c2ccc4c(c2)OCO4)SC[C@H]3C(=O)O)c1C. The number of aryl methyl sites for hydroxylation is 1. The van der Waals surface area contributed by atoms with Gasteiger partial charge in [-0.15, -0.1) is 11.8 Å². The number of carboxylic acids is 1. The number of aliphatic carboxylic acids is 1. The summed E-state index contributed by atoms with van der Waals surface area (Å²) in [5.74, 6) is 1.30. The van der Waals surface area contributed by atoms with Crippen LogP contribution in [0.25, 0.3) is 11.1 Å². The molecule has 1 atom stereocenters. The molecule has 0 saturated carbocycles. The van der Waals surface area contributed by atoms with Gasteiger partial charge in [-0.25, -0.2) is 4.79 Å². The standard InChI is InChI=1S/C24H21NO6S/c1-13-4-3-5-18(14(13)2)29-10-16-9-21(26)25-17(24(27)28)11-32-23(25)22(16)15-6-7-19-20(8-15)31-12-30-19/h3-9,17H,10-12H2,1-2H3,(H,27,28)/t17-/m0/s1. The molecular formula is C24H21NO6S. The number of ether oxygens (including phenoxy) is 3. The summed E-state index contributed by atoms with van der Waals surface area (Å²) in [6.07, 6.45) is 0. The normalized spacial score (nSPS) is 16.1. The van der Waals surface area contributed by atoms with Crippen molar-refractivity contribution < 1.29 is 24.1 Å². The summed E-state index contributed by atoms with van der Waals surface area (Å²) in [4.78, 5) is 24.7. The topological polar surface area (TPSA) is 87.0 Å². The van der Waals surface area contributed by atoms with Crippen molar-refractivity contribution in [2.75, 3.05) is 12.5 Å². The van der Waals surface area contributed by atoms with E-state index in [1.807, 2.05) is 50.2 Å². The third-order valence-corrected chi connectivity index (χ3v) is 7.02. The van der Waals surface area contributed by atoms with Gasteiger partial charge in [0.25, 0.3) is 5.56 Å². The van der Waals surface area contributed by atoms with Gasteiger partial charge < -0.3 is 19.3 Å². The average Bonchev–Trinajstić information content (AvgIpc) is 3.42. The fraction of sp³-hybridized carbons (Fsp3) is 0.250. The van der Waals surface area contributed by atoms with Crippen LogP contribution in [-0.4, -0.2) is 28.2 Å². The van der Waals surface area contributed by atoms with Gasteiger partial charge in [-0.2, -0.15) is 0 Å². The molecule has 164 valence electrons. The van der Waals surface area contributed by atoms with Gasteiger partial charge in [0.15, 0.2) is 11.5 Å². The van der Waals surface area contributed by atoms with Crippen LogP contribution in [0.2, 0.25) is 0 Å². The van der Waals surface area contributed by atoms with Crippen LogP contribution in [0.3, 0.4) is 0 Å². The summed E-state index contributed by atoms with van der Waals surface area (Å²) in [6.45, 7) is 4.35. The number of aromatic nitrogens is 1. The molecule has 0 fully saturated rings. The van der Waals surface area contributed by atoms with Crippen LogP contribution in [0.15, 0.2) is 52.3 Å². The number of benzene rings is 2. The van der Waals surface area contributed by atoms with E-state index in [-0.39, 0.29) is 19.0 Å². The fourth-order valence-corrected chi connectivity index (χ4v) is 5.37. The first kappa shape index (κ1) is 20.5. The fourth-order valence-electron chi connectivity index (χ4n) is 4.01. The summed E-state index contributed by atoms with van der Waals surface area (Å²) in [5, 5.41) is 10.2. The van der Waals surface area contributed by atoms with Crippen LogP contribution in [0, 0.1) is 13.8 Å². The van der Waals surface area contributed by atoms with Crippen molar-refractivity contribution in [3.63, 3.8) is 0 Å². The Morgan fingerprint density at radius 3 is 2.81 bits per heavy atom. The van der Waals surface area contributed by atoms with E-state index in [2.05, 4.69) is 0 Å². The van der Waals surface area contributed by atoms with Crippen molar-refractivity contribution in [2.24, 2.45) is 0 Å². The Hall–Kier alpha value is -3.39. The largest absolute Gasteiger partial charge is 0.489 e. The maximum atomic E-state index is 12.9. The van der Waals surface area contributed by atoms with Crippen molar-refractivity contribution in [1.82, 2.24) is 4.57 Å². The van der Waals surface area contributed by atoms with E-state index in [1.54, 1.807) is 0 Å². The lowest BCUT2D eigenvalue weighted by molar-refractivity contribution is -0.140. The molecule has 32 heavy (non-hydrogen) atoms. The second-order valence-electron chi connectivity index (χ2n) is 7.78. The van der Waals surface area contributed by atoms with Gasteiger partial charge in [0.05, 0.1) is 5.03 Å². The van der Waals surface area contributed by atoms with Gasteiger partial charge in [-0.3, -0.25) is 9.36 Å². The van der Waals surface area contributed by atoms with Gasteiger partial charge >= 0.3 is 5.97 Å². The Kier molecular flexibility index (Phi) is 5.09. The van der Waals surface area contributed by atoms with Crippen molar-refractivity contribution in [3.8, 4) is 28.4 Å². The lowest BCUT2D eigenvalue weighted by atomic mass is 10.0. The van der Waals surface area contributed by atoms with Crippen molar-refractivity contribution in [3.05, 3.63) is 69.5 Å². The summed E-state index contributed by atoms with van der Waals surface area (Å²) in [5.41, 5.74) is 4.10. The lowest BCUT2D eigenvalue weighted by Crippen LogP contribution is -2.29. The van der Waals surface area contributed by atoms with Gasteiger partial charge in [0.2, 0.25) is 6.79 Å². The number of carbonyl (C=O) groups is 1. The summed E-state index contributed by atoms with van der Waals surface area (Å²) < 4.78 is 18.4. The van der Waals surface area contributed by atoms with Crippen molar-refractivity contribution in [2.45, 2.75) is 31.5 Å². The lowest BCUT2D eigenvalue weighted by Gasteiger charge is -2.18. The third-order valence-electron chi connectivity index (χ3n) is 5.86. The second kappa shape index (κ2) is 7.94. The van der Waals surface area contributed by atoms with E-state index < -0.39 is 12.0 Å². The number of hydrogen-bond donors (Lipinski definition) is 1.